The van der Waals surface area contributed by atoms with Crippen molar-refractivity contribution in [2.45, 2.75) is 78.1 Å². The summed E-state index contributed by atoms with van der Waals surface area (Å²) in [4.78, 5) is 0. The second-order valence-corrected chi connectivity index (χ2v) is 12.4. The van der Waals surface area contributed by atoms with Crippen molar-refractivity contribution < 1.29 is 8.78 Å². The van der Waals surface area contributed by atoms with Crippen LogP contribution in [0.15, 0.2) is 55.1 Å². The number of halogens is 3. The average molecular weight is 522 g/mol. The number of rotatable bonds is 7. The first-order valence-corrected chi connectivity index (χ1v) is 13.6. The first kappa shape index (κ1) is 27.4. The summed E-state index contributed by atoms with van der Waals surface area (Å²) in [6, 6.07) is 15.4. The number of fused-ring (bicyclic) bond motifs is 1. The lowest BCUT2D eigenvalue weighted by Crippen LogP contribution is -2.25. The number of aryl methyl sites for hydroxylation is 1. The van der Waals surface area contributed by atoms with Gasteiger partial charge in [-0.15, -0.1) is 0 Å². The minimum atomic E-state index is -0.538. The molecule has 0 radical (unpaired) electrons. The molecule has 0 saturated carbocycles. The summed E-state index contributed by atoms with van der Waals surface area (Å²) in [7, 11) is 0. The fourth-order valence-corrected chi connectivity index (χ4v) is 6.16. The van der Waals surface area contributed by atoms with Crippen molar-refractivity contribution in [1.82, 2.24) is 0 Å². The van der Waals surface area contributed by atoms with Crippen LogP contribution in [0.25, 0.3) is 16.8 Å². The van der Waals surface area contributed by atoms with E-state index in [1.165, 1.54) is 6.07 Å². The van der Waals surface area contributed by atoms with E-state index in [1.807, 2.05) is 24.3 Å². The molecule has 0 amide bonds. The summed E-state index contributed by atoms with van der Waals surface area (Å²) < 4.78 is 31.7. The lowest BCUT2D eigenvalue weighted by molar-refractivity contribution is 0.360. The van der Waals surface area contributed by atoms with Gasteiger partial charge in [0.25, 0.3) is 0 Å². The van der Waals surface area contributed by atoms with Crippen molar-refractivity contribution in [3.63, 3.8) is 0 Å². The highest BCUT2D eigenvalue weighted by atomic mass is 35.5. The Morgan fingerprint density at radius 3 is 2.38 bits per heavy atom. The highest BCUT2D eigenvalue weighted by molar-refractivity contribution is 6.34. The number of benzene rings is 3. The fraction of sp³-hybridized carbons (Fsp3) is 0.394. The summed E-state index contributed by atoms with van der Waals surface area (Å²) in [5, 5.41) is -0.0609. The smallest absolute Gasteiger partial charge is 0.142 e. The van der Waals surface area contributed by atoms with E-state index in [1.54, 1.807) is 6.07 Å². The largest absolute Gasteiger partial charge is 0.399 e. The maximum Gasteiger partial charge on any atom is 0.142 e. The van der Waals surface area contributed by atoms with Crippen LogP contribution in [0.1, 0.15) is 87.6 Å². The maximum absolute atomic E-state index is 16.4. The van der Waals surface area contributed by atoms with Crippen LogP contribution < -0.4 is 5.73 Å². The van der Waals surface area contributed by atoms with Gasteiger partial charge in [0.1, 0.15) is 11.6 Å². The molecule has 0 bridgehead atoms. The molecule has 2 unspecified atom stereocenters. The van der Waals surface area contributed by atoms with E-state index in [0.29, 0.717) is 29.5 Å². The van der Waals surface area contributed by atoms with Gasteiger partial charge >= 0.3 is 0 Å². The first-order chi connectivity index (χ1) is 17.3. The van der Waals surface area contributed by atoms with E-state index in [2.05, 4.69) is 53.3 Å². The molecule has 1 aliphatic rings. The Labute approximate surface area is 225 Å². The Morgan fingerprint density at radius 1 is 1.08 bits per heavy atom. The summed E-state index contributed by atoms with van der Waals surface area (Å²) in [6.07, 6.45) is 4.18. The predicted octanol–water partition coefficient (Wildman–Crippen LogP) is 9.59. The van der Waals surface area contributed by atoms with Crippen LogP contribution >= 0.6 is 11.6 Å². The van der Waals surface area contributed by atoms with Gasteiger partial charge in [-0.1, -0.05) is 102 Å². The van der Waals surface area contributed by atoms with E-state index in [0.717, 1.165) is 36.0 Å². The normalized spacial score (nSPS) is 19.2. The van der Waals surface area contributed by atoms with E-state index in [4.69, 9.17) is 17.3 Å². The molecule has 4 heteroatoms. The SMILES string of the molecule is C=C(N)c1ccc(CCCCC(C)(C)C)c(F)c1-c1c(Cl)c(F)cc2c1C(C)C(C)(c1ccccc1)C2. The Morgan fingerprint density at radius 2 is 1.76 bits per heavy atom. The molecule has 196 valence electrons. The molecule has 37 heavy (non-hydrogen) atoms. The van der Waals surface area contributed by atoms with Crippen LogP contribution in [0.3, 0.4) is 0 Å². The summed E-state index contributed by atoms with van der Waals surface area (Å²) in [5.41, 5.74) is 11.0. The molecule has 3 aromatic rings. The molecule has 2 N–H and O–H groups in total. The quantitative estimate of drug-likeness (QED) is 0.308. The van der Waals surface area contributed by atoms with Crippen molar-refractivity contribution in [2.24, 2.45) is 11.1 Å². The summed E-state index contributed by atoms with van der Waals surface area (Å²) in [5.74, 6) is -0.940. The molecular formula is C33H38ClF2N. The van der Waals surface area contributed by atoms with E-state index >= 15 is 8.78 Å². The molecule has 0 spiro atoms. The van der Waals surface area contributed by atoms with Gasteiger partial charge in [-0.05, 0) is 65.3 Å². The predicted molar refractivity (Wildman–Crippen MR) is 153 cm³/mol. The van der Waals surface area contributed by atoms with E-state index in [9.17, 15) is 0 Å². The second kappa shape index (κ2) is 10.3. The number of hydrogen-bond donors (Lipinski definition) is 1. The molecular weight excluding hydrogens is 484 g/mol. The fourth-order valence-electron chi connectivity index (χ4n) is 5.91. The molecule has 1 nitrogen and oxygen atoms in total. The maximum atomic E-state index is 16.4. The van der Waals surface area contributed by atoms with Gasteiger partial charge in [0.2, 0.25) is 0 Å². The second-order valence-electron chi connectivity index (χ2n) is 12.1. The van der Waals surface area contributed by atoms with Crippen LogP contribution in [-0.4, -0.2) is 0 Å². The van der Waals surface area contributed by atoms with Crippen LogP contribution in [0.5, 0.6) is 0 Å². The van der Waals surface area contributed by atoms with Crippen LogP contribution in [0, 0.1) is 17.0 Å². The first-order valence-electron chi connectivity index (χ1n) is 13.2. The number of hydrogen-bond acceptors (Lipinski definition) is 1. The van der Waals surface area contributed by atoms with Gasteiger partial charge in [-0.2, -0.15) is 0 Å². The molecule has 3 aromatic carbocycles. The van der Waals surface area contributed by atoms with E-state index in [-0.39, 0.29) is 38.8 Å². The molecule has 0 fully saturated rings. The molecule has 0 aliphatic heterocycles. The van der Waals surface area contributed by atoms with Crippen molar-refractivity contribution in [3.8, 4) is 11.1 Å². The van der Waals surface area contributed by atoms with E-state index < -0.39 is 5.82 Å². The minimum absolute atomic E-state index is 0.0215. The Bertz CT molecular complexity index is 1320. The van der Waals surface area contributed by atoms with Crippen molar-refractivity contribution in [3.05, 3.63) is 99.6 Å². The molecule has 2 atom stereocenters. The van der Waals surface area contributed by atoms with Gasteiger partial charge in [0.05, 0.1) is 5.02 Å². The highest BCUT2D eigenvalue weighted by Gasteiger charge is 2.44. The third-order valence-corrected chi connectivity index (χ3v) is 8.54. The monoisotopic (exact) mass is 521 g/mol. The lowest BCUT2D eigenvalue weighted by atomic mass is 9.72. The van der Waals surface area contributed by atoms with Crippen LogP contribution in [0.2, 0.25) is 5.02 Å². The Hall–Kier alpha value is -2.65. The van der Waals surface area contributed by atoms with Gasteiger partial charge in [0.15, 0.2) is 0 Å². The molecule has 0 heterocycles. The number of unbranched alkanes of at least 4 members (excludes halogenated alkanes) is 1. The van der Waals surface area contributed by atoms with Crippen LogP contribution in [-0.2, 0) is 18.3 Å². The summed E-state index contributed by atoms with van der Waals surface area (Å²) in [6.45, 7) is 14.9. The average Bonchev–Trinajstić information content (AvgIpc) is 3.09. The summed E-state index contributed by atoms with van der Waals surface area (Å²) >= 11 is 6.68. The van der Waals surface area contributed by atoms with Gasteiger partial charge in [0, 0.05) is 27.8 Å². The van der Waals surface area contributed by atoms with Crippen molar-refractivity contribution >= 4 is 17.3 Å². The van der Waals surface area contributed by atoms with Crippen LogP contribution in [0.4, 0.5) is 8.78 Å². The zero-order chi connectivity index (χ0) is 27.1. The van der Waals surface area contributed by atoms with Gasteiger partial charge < -0.3 is 5.73 Å². The zero-order valence-corrected chi connectivity index (χ0v) is 23.4. The number of nitrogens with two attached hydrogens (primary N) is 1. The molecule has 1 aliphatic carbocycles. The molecule has 0 saturated heterocycles. The van der Waals surface area contributed by atoms with Gasteiger partial charge in [-0.3, -0.25) is 0 Å². The minimum Gasteiger partial charge on any atom is -0.399 e. The third-order valence-electron chi connectivity index (χ3n) is 8.17. The topological polar surface area (TPSA) is 26.0 Å². The zero-order valence-electron chi connectivity index (χ0n) is 22.7. The third kappa shape index (κ3) is 5.21. The Balaban J connectivity index is 1.86. The van der Waals surface area contributed by atoms with Crippen molar-refractivity contribution in [2.75, 3.05) is 0 Å². The lowest BCUT2D eigenvalue weighted by Gasteiger charge is -2.31. The highest BCUT2D eigenvalue weighted by Crippen LogP contribution is 2.54. The Kier molecular flexibility index (Phi) is 7.59. The molecule has 4 rings (SSSR count). The van der Waals surface area contributed by atoms with Gasteiger partial charge in [-0.25, -0.2) is 8.78 Å². The van der Waals surface area contributed by atoms with Crippen molar-refractivity contribution in [1.29, 1.82) is 0 Å². The molecule has 0 aromatic heterocycles. The standard InChI is InChI=1S/C33H38ClF2N/c1-20-27-23(19-33(20,6)24-13-8-7-9-14-24)18-26(35)30(34)29(27)28-25(21(2)37)16-15-22(31(28)36)12-10-11-17-32(3,4)5/h7-9,13-16,18,20H,2,10-12,17,19,37H2,1,3-6H3.